The Balaban J connectivity index is 0.00000208. The fourth-order valence-electron chi connectivity index (χ4n) is 2.34. The molecule has 5 nitrogen and oxygen atoms in total. The van der Waals surface area contributed by atoms with Gasteiger partial charge < -0.3 is 14.8 Å². The molecule has 0 saturated heterocycles. The van der Waals surface area contributed by atoms with E-state index in [1.54, 1.807) is 20.4 Å². The Bertz CT molecular complexity index is 889. The maximum absolute atomic E-state index is 9.36. The van der Waals surface area contributed by atoms with Crippen LogP contribution in [0.1, 0.15) is 5.56 Å². The smallest absolute Gasteiger partial charge is 0.121 e. The van der Waals surface area contributed by atoms with E-state index in [2.05, 4.69) is 16.4 Å². The first-order chi connectivity index (χ1) is 11.2. The summed E-state index contributed by atoms with van der Waals surface area (Å²) < 4.78 is 10.4. The minimum Gasteiger partial charge on any atom is -0.497 e. The molecule has 0 atom stereocenters. The van der Waals surface area contributed by atoms with Crippen molar-refractivity contribution in [1.82, 2.24) is 4.98 Å². The quantitative estimate of drug-likeness (QED) is 0.766. The van der Waals surface area contributed by atoms with E-state index in [-0.39, 0.29) is 12.4 Å². The maximum atomic E-state index is 9.36. The molecule has 0 aliphatic heterocycles. The van der Waals surface area contributed by atoms with Gasteiger partial charge in [0.05, 0.1) is 31.0 Å². The third-order valence-electron chi connectivity index (χ3n) is 3.56. The number of ether oxygens (including phenoxy) is 2. The molecule has 0 fully saturated rings. The molecule has 1 heterocycles. The van der Waals surface area contributed by atoms with Crippen molar-refractivity contribution in [1.29, 1.82) is 5.26 Å². The minimum atomic E-state index is 0. The molecular formula is C18H16ClN3O2. The molecule has 0 aliphatic rings. The zero-order valence-electron chi connectivity index (χ0n) is 13.2. The van der Waals surface area contributed by atoms with Crippen molar-refractivity contribution in [3.8, 4) is 17.6 Å². The molecule has 0 bridgehead atoms. The summed E-state index contributed by atoms with van der Waals surface area (Å²) in [6.45, 7) is 0. The molecule has 1 aromatic heterocycles. The van der Waals surface area contributed by atoms with Crippen LogP contribution in [0.25, 0.3) is 10.9 Å². The molecule has 1 N–H and O–H groups in total. The normalized spacial score (nSPS) is 9.71. The van der Waals surface area contributed by atoms with Gasteiger partial charge in [-0.15, -0.1) is 12.4 Å². The van der Waals surface area contributed by atoms with Gasteiger partial charge in [-0.1, -0.05) is 0 Å². The summed E-state index contributed by atoms with van der Waals surface area (Å²) in [6, 6.07) is 15.3. The van der Waals surface area contributed by atoms with Gasteiger partial charge in [0, 0.05) is 23.3 Å². The van der Waals surface area contributed by atoms with Gasteiger partial charge in [-0.05, 0) is 36.4 Å². The van der Waals surface area contributed by atoms with Gasteiger partial charge in [0.25, 0.3) is 0 Å². The van der Waals surface area contributed by atoms with Crippen LogP contribution in [0, 0.1) is 11.3 Å². The molecule has 2 aromatic carbocycles. The second kappa shape index (κ2) is 7.53. The average molecular weight is 342 g/mol. The van der Waals surface area contributed by atoms with Gasteiger partial charge in [0.2, 0.25) is 0 Å². The number of benzene rings is 2. The number of halogens is 1. The Labute approximate surface area is 146 Å². The summed E-state index contributed by atoms with van der Waals surface area (Å²) in [4.78, 5) is 4.33. The Morgan fingerprint density at radius 3 is 2.29 bits per heavy atom. The molecule has 3 aromatic rings. The molecule has 0 amide bonds. The van der Waals surface area contributed by atoms with Crippen molar-refractivity contribution in [2.24, 2.45) is 0 Å². The van der Waals surface area contributed by atoms with E-state index in [1.807, 2.05) is 42.5 Å². The van der Waals surface area contributed by atoms with Gasteiger partial charge >= 0.3 is 0 Å². The maximum Gasteiger partial charge on any atom is 0.121 e. The Morgan fingerprint density at radius 2 is 1.67 bits per heavy atom. The monoisotopic (exact) mass is 341 g/mol. The lowest BCUT2D eigenvalue weighted by Crippen LogP contribution is -1.97. The predicted molar refractivity (Wildman–Crippen MR) is 96.5 cm³/mol. The lowest BCUT2D eigenvalue weighted by molar-refractivity contribution is 0.415. The number of hydrogen-bond acceptors (Lipinski definition) is 5. The van der Waals surface area contributed by atoms with E-state index in [0.717, 1.165) is 33.8 Å². The molecule has 0 aliphatic carbocycles. The first-order valence-electron chi connectivity index (χ1n) is 7.03. The van der Waals surface area contributed by atoms with Crippen LogP contribution in [-0.4, -0.2) is 19.2 Å². The average Bonchev–Trinajstić information content (AvgIpc) is 2.62. The van der Waals surface area contributed by atoms with Gasteiger partial charge in [-0.3, -0.25) is 4.98 Å². The summed E-state index contributed by atoms with van der Waals surface area (Å²) in [5, 5.41) is 13.5. The van der Waals surface area contributed by atoms with Crippen LogP contribution in [0.15, 0.2) is 48.7 Å². The molecule has 122 valence electrons. The van der Waals surface area contributed by atoms with Crippen LogP contribution in [0.2, 0.25) is 0 Å². The Kier molecular flexibility index (Phi) is 5.46. The summed E-state index contributed by atoms with van der Waals surface area (Å²) >= 11 is 0. The Hall–Kier alpha value is -2.97. The van der Waals surface area contributed by atoms with Gasteiger partial charge in [0.1, 0.15) is 17.6 Å². The third-order valence-corrected chi connectivity index (χ3v) is 3.56. The zero-order chi connectivity index (χ0) is 16.2. The SMILES string of the molecule is COc1ccc(Nc2c(C#N)cnc3cc(OC)ccc23)cc1.Cl. The summed E-state index contributed by atoms with van der Waals surface area (Å²) in [5.74, 6) is 1.51. The van der Waals surface area contributed by atoms with Crippen molar-refractivity contribution in [3.05, 3.63) is 54.2 Å². The number of fused-ring (bicyclic) bond motifs is 1. The van der Waals surface area contributed by atoms with E-state index < -0.39 is 0 Å². The molecule has 24 heavy (non-hydrogen) atoms. The summed E-state index contributed by atoms with van der Waals surface area (Å²) in [7, 11) is 3.24. The standard InChI is InChI=1S/C18H15N3O2.ClH/c1-22-14-5-3-13(4-6-14)21-18-12(10-19)11-20-17-9-15(23-2)7-8-16(17)18;/h3-9,11H,1-2H3,(H,20,21);1H. The number of aromatic nitrogens is 1. The second-order valence-electron chi connectivity index (χ2n) is 4.90. The van der Waals surface area contributed by atoms with Crippen LogP contribution >= 0.6 is 12.4 Å². The van der Waals surface area contributed by atoms with E-state index >= 15 is 0 Å². The number of rotatable bonds is 4. The fourth-order valence-corrected chi connectivity index (χ4v) is 2.34. The van der Waals surface area contributed by atoms with Crippen molar-refractivity contribution >= 4 is 34.7 Å². The largest absolute Gasteiger partial charge is 0.497 e. The lowest BCUT2D eigenvalue weighted by Gasteiger charge is -2.12. The highest BCUT2D eigenvalue weighted by atomic mass is 35.5. The van der Waals surface area contributed by atoms with E-state index in [9.17, 15) is 5.26 Å². The van der Waals surface area contributed by atoms with Crippen LogP contribution in [-0.2, 0) is 0 Å². The highest BCUT2D eigenvalue weighted by Crippen LogP contribution is 2.31. The summed E-state index contributed by atoms with van der Waals surface area (Å²) in [6.07, 6.45) is 1.56. The topological polar surface area (TPSA) is 67.2 Å². The van der Waals surface area contributed by atoms with E-state index in [4.69, 9.17) is 9.47 Å². The van der Waals surface area contributed by atoms with E-state index in [0.29, 0.717) is 5.56 Å². The van der Waals surface area contributed by atoms with Crippen LogP contribution < -0.4 is 14.8 Å². The molecule has 0 spiro atoms. The van der Waals surface area contributed by atoms with Crippen molar-refractivity contribution in [3.63, 3.8) is 0 Å². The number of methoxy groups -OCH3 is 2. The lowest BCUT2D eigenvalue weighted by atomic mass is 10.1. The van der Waals surface area contributed by atoms with Gasteiger partial charge in [0.15, 0.2) is 0 Å². The number of anilines is 2. The molecule has 0 unspecified atom stereocenters. The van der Waals surface area contributed by atoms with Crippen LogP contribution in [0.4, 0.5) is 11.4 Å². The number of nitrogens with zero attached hydrogens (tertiary/aromatic N) is 2. The highest BCUT2D eigenvalue weighted by molar-refractivity contribution is 5.96. The van der Waals surface area contributed by atoms with Crippen LogP contribution in [0.5, 0.6) is 11.5 Å². The predicted octanol–water partition coefficient (Wildman–Crippen LogP) is 4.29. The van der Waals surface area contributed by atoms with Crippen LogP contribution in [0.3, 0.4) is 0 Å². The number of pyridine rings is 1. The molecule has 6 heteroatoms. The molecule has 0 saturated carbocycles. The molecular weight excluding hydrogens is 326 g/mol. The number of hydrogen-bond donors (Lipinski definition) is 1. The first kappa shape index (κ1) is 17.4. The second-order valence-corrected chi connectivity index (χ2v) is 4.90. The molecule has 3 rings (SSSR count). The fraction of sp³-hybridized carbons (Fsp3) is 0.111. The third kappa shape index (κ3) is 3.34. The molecule has 0 radical (unpaired) electrons. The van der Waals surface area contributed by atoms with Crippen molar-refractivity contribution in [2.45, 2.75) is 0 Å². The van der Waals surface area contributed by atoms with E-state index in [1.165, 1.54) is 0 Å². The number of nitrogens with one attached hydrogen (secondary N) is 1. The van der Waals surface area contributed by atoms with Gasteiger partial charge in [-0.25, -0.2) is 0 Å². The first-order valence-corrected chi connectivity index (χ1v) is 7.03. The zero-order valence-corrected chi connectivity index (χ0v) is 14.1. The number of nitriles is 1. The summed E-state index contributed by atoms with van der Waals surface area (Å²) in [5.41, 5.74) is 2.84. The van der Waals surface area contributed by atoms with Gasteiger partial charge in [-0.2, -0.15) is 5.26 Å². The highest BCUT2D eigenvalue weighted by Gasteiger charge is 2.10. The minimum absolute atomic E-state index is 0. The van der Waals surface area contributed by atoms with Crippen molar-refractivity contribution in [2.75, 3.05) is 19.5 Å². The Morgan fingerprint density at radius 1 is 1.00 bits per heavy atom. The van der Waals surface area contributed by atoms with Crippen molar-refractivity contribution < 1.29 is 9.47 Å².